The zero-order valence-corrected chi connectivity index (χ0v) is 18.2. The second-order valence-electron chi connectivity index (χ2n) is 8.50. The van der Waals surface area contributed by atoms with Crippen molar-refractivity contribution in [2.45, 2.75) is 89.8 Å². The number of allylic oxidation sites excluding steroid dienone is 2. The Morgan fingerprint density at radius 2 is 1.70 bits per heavy atom. The van der Waals surface area contributed by atoms with Gasteiger partial charge in [0.05, 0.1) is 18.8 Å². The maximum atomic E-state index is 12.2. The highest BCUT2D eigenvalue weighted by atomic mass is 16.5. The number of fused-ring (bicyclic) bond motifs is 2. The number of rotatable bonds is 15. The highest BCUT2D eigenvalue weighted by Gasteiger charge is 2.47. The maximum Gasteiger partial charge on any atom is 0.303 e. The fourth-order valence-electron chi connectivity index (χ4n) is 4.50. The van der Waals surface area contributed by atoms with Crippen LogP contribution in [0.5, 0.6) is 0 Å². The topological polar surface area (TPSA) is 105 Å². The summed E-state index contributed by atoms with van der Waals surface area (Å²) in [6.07, 6.45) is 13.9. The molecule has 170 valence electrons. The van der Waals surface area contributed by atoms with Crippen LogP contribution in [-0.4, -0.2) is 48.2 Å². The van der Waals surface area contributed by atoms with Crippen LogP contribution in [0.15, 0.2) is 12.2 Å². The number of hydrogen-bond acceptors (Lipinski definition) is 4. The summed E-state index contributed by atoms with van der Waals surface area (Å²) < 4.78 is 6.07. The summed E-state index contributed by atoms with van der Waals surface area (Å²) in [7, 11) is 0. The van der Waals surface area contributed by atoms with E-state index in [9.17, 15) is 14.4 Å². The molecule has 2 rings (SSSR count). The Morgan fingerprint density at radius 3 is 2.43 bits per heavy atom. The molecule has 30 heavy (non-hydrogen) atoms. The van der Waals surface area contributed by atoms with Crippen molar-refractivity contribution in [3.05, 3.63) is 12.2 Å². The Labute approximate surface area is 180 Å². The molecule has 2 amide bonds. The van der Waals surface area contributed by atoms with Gasteiger partial charge in [-0.25, -0.2) is 0 Å². The minimum Gasteiger partial charge on any atom is -0.481 e. The molecule has 7 nitrogen and oxygen atoms in total. The van der Waals surface area contributed by atoms with Gasteiger partial charge in [0.1, 0.15) is 0 Å². The summed E-state index contributed by atoms with van der Waals surface area (Å²) in [5.41, 5.74) is 0. The van der Waals surface area contributed by atoms with Gasteiger partial charge in [-0.15, -0.1) is 0 Å². The first-order valence-corrected chi connectivity index (χ1v) is 11.6. The number of ether oxygens (including phenoxy) is 1. The van der Waals surface area contributed by atoms with Crippen LogP contribution < -0.4 is 10.6 Å². The minimum atomic E-state index is -0.756. The van der Waals surface area contributed by atoms with Crippen molar-refractivity contribution >= 4 is 17.8 Å². The molecule has 7 heteroatoms. The Hall–Kier alpha value is -1.89. The largest absolute Gasteiger partial charge is 0.481 e. The van der Waals surface area contributed by atoms with Crippen LogP contribution in [0.25, 0.3) is 0 Å². The maximum absolute atomic E-state index is 12.2. The number of aliphatic carboxylic acids is 1. The summed E-state index contributed by atoms with van der Waals surface area (Å²) in [5.74, 6) is -0.291. The molecule has 2 saturated heterocycles. The van der Waals surface area contributed by atoms with Crippen molar-refractivity contribution in [2.75, 3.05) is 13.1 Å². The van der Waals surface area contributed by atoms with E-state index in [2.05, 4.69) is 29.7 Å². The molecule has 0 saturated carbocycles. The molecule has 2 bridgehead atoms. The molecule has 0 unspecified atom stereocenters. The lowest BCUT2D eigenvalue weighted by atomic mass is 9.77. The molecule has 0 aromatic heterocycles. The number of carbonyl (C=O) groups is 3. The molecule has 2 aliphatic heterocycles. The van der Waals surface area contributed by atoms with Gasteiger partial charge in [0.25, 0.3) is 0 Å². The number of hydrogen-bond donors (Lipinski definition) is 3. The summed E-state index contributed by atoms with van der Waals surface area (Å²) in [5, 5.41) is 14.4. The lowest BCUT2D eigenvalue weighted by Crippen LogP contribution is -2.42. The second kappa shape index (κ2) is 13.4. The molecule has 0 spiro atoms. The Kier molecular flexibility index (Phi) is 10.9. The van der Waals surface area contributed by atoms with E-state index in [1.165, 1.54) is 0 Å². The summed E-state index contributed by atoms with van der Waals surface area (Å²) in [6.45, 7) is 2.74. The highest BCUT2D eigenvalue weighted by Crippen LogP contribution is 2.44. The van der Waals surface area contributed by atoms with Gasteiger partial charge in [0.15, 0.2) is 0 Å². The van der Waals surface area contributed by atoms with E-state index in [4.69, 9.17) is 9.84 Å². The lowest BCUT2D eigenvalue weighted by Gasteiger charge is -2.27. The highest BCUT2D eigenvalue weighted by molar-refractivity contribution is 5.84. The van der Waals surface area contributed by atoms with Crippen molar-refractivity contribution in [1.82, 2.24) is 10.6 Å². The fourth-order valence-corrected chi connectivity index (χ4v) is 4.50. The van der Waals surface area contributed by atoms with Crippen molar-refractivity contribution in [3.8, 4) is 0 Å². The van der Waals surface area contributed by atoms with Crippen LogP contribution in [0.3, 0.4) is 0 Å². The minimum absolute atomic E-state index is 0.0302. The predicted octanol–water partition coefficient (Wildman–Crippen LogP) is 3.18. The number of unbranched alkanes of at least 4 members (excludes halogenated alkanes) is 4. The van der Waals surface area contributed by atoms with E-state index in [0.29, 0.717) is 31.2 Å². The first kappa shape index (κ1) is 24.4. The molecule has 0 aromatic rings. The standard InChI is InChI=1S/C23H38N2O5/c1-2-3-4-8-11-21(26)25-16-22(27)24-15-18-17(19-13-14-20(18)30-19)10-7-5-6-9-12-23(28)29/h5,7,17-20H,2-4,6,8-16H2,1H3,(H,24,27)(H,25,26)(H,28,29)/t17-,18+,19-,20+/m0/s1. The van der Waals surface area contributed by atoms with E-state index in [0.717, 1.165) is 51.4 Å². The van der Waals surface area contributed by atoms with Crippen molar-refractivity contribution in [2.24, 2.45) is 11.8 Å². The van der Waals surface area contributed by atoms with E-state index >= 15 is 0 Å². The Morgan fingerprint density at radius 1 is 0.933 bits per heavy atom. The Bertz CT molecular complexity index is 592. The van der Waals surface area contributed by atoms with E-state index in [-0.39, 0.29) is 37.0 Å². The van der Waals surface area contributed by atoms with Gasteiger partial charge >= 0.3 is 5.97 Å². The fraction of sp³-hybridized carbons (Fsp3) is 0.783. The molecule has 3 N–H and O–H groups in total. The van der Waals surface area contributed by atoms with Gasteiger partial charge in [-0.2, -0.15) is 0 Å². The van der Waals surface area contributed by atoms with Crippen LogP contribution >= 0.6 is 0 Å². The summed E-state index contributed by atoms with van der Waals surface area (Å²) in [6, 6.07) is 0. The summed E-state index contributed by atoms with van der Waals surface area (Å²) in [4.78, 5) is 34.5. The van der Waals surface area contributed by atoms with Crippen LogP contribution in [0.1, 0.15) is 77.6 Å². The predicted molar refractivity (Wildman–Crippen MR) is 115 cm³/mol. The number of carboxylic acids is 1. The van der Waals surface area contributed by atoms with Crippen LogP contribution in [0, 0.1) is 11.8 Å². The molecular formula is C23H38N2O5. The lowest BCUT2D eigenvalue weighted by molar-refractivity contribution is -0.137. The number of amides is 2. The van der Waals surface area contributed by atoms with Crippen LogP contribution in [-0.2, 0) is 19.1 Å². The normalized spacial score (nSPS) is 25.0. The molecular weight excluding hydrogens is 384 g/mol. The van der Waals surface area contributed by atoms with Gasteiger partial charge < -0.3 is 20.5 Å². The van der Waals surface area contributed by atoms with Gasteiger partial charge in [0.2, 0.25) is 11.8 Å². The average Bonchev–Trinajstić information content (AvgIpc) is 3.32. The quantitative estimate of drug-likeness (QED) is 0.278. The van der Waals surface area contributed by atoms with E-state index < -0.39 is 5.97 Å². The van der Waals surface area contributed by atoms with E-state index in [1.54, 1.807) is 0 Å². The first-order chi connectivity index (χ1) is 14.5. The van der Waals surface area contributed by atoms with Gasteiger partial charge in [-0.3, -0.25) is 14.4 Å². The smallest absolute Gasteiger partial charge is 0.303 e. The molecule has 2 aliphatic rings. The second-order valence-corrected chi connectivity index (χ2v) is 8.50. The van der Waals surface area contributed by atoms with Gasteiger partial charge in [-0.1, -0.05) is 38.3 Å². The van der Waals surface area contributed by atoms with Crippen LogP contribution in [0.2, 0.25) is 0 Å². The third-order valence-corrected chi connectivity index (χ3v) is 6.17. The number of carboxylic acid groups (broad SMARTS) is 1. The number of nitrogens with one attached hydrogen (secondary N) is 2. The average molecular weight is 423 g/mol. The van der Waals surface area contributed by atoms with Gasteiger partial charge in [0, 0.05) is 25.3 Å². The Balaban J connectivity index is 1.66. The number of carbonyl (C=O) groups excluding carboxylic acids is 2. The molecule has 0 radical (unpaired) electrons. The molecule has 0 aromatic carbocycles. The van der Waals surface area contributed by atoms with Crippen LogP contribution in [0.4, 0.5) is 0 Å². The molecule has 2 fully saturated rings. The zero-order valence-electron chi connectivity index (χ0n) is 18.2. The van der Waals surface area contributed by atoms with Crippen molar-refractivity contribution in [1.29, 1.82) is 0 Å². The molecule has 0 aliphatic carbocycles. The third kappa shape index (κ3) is 8.46. The molecule has 2 heterocycles. The molecule has 4 atom stereocenters. The van der Waals surface area contributed by atoms with Gasteiger partial charge in [-0.05, 0) is 44.4 Å². The van der Waals surface area contributed by atoms with E-state index in [1.807, 2.05) is 0 Å². The first-order valence-electron chi connectivity index (χ1n) is 11.6. The third-order valence-electron chi connectivity index (χ3n) is 6.17. The van der Waals surface area contributed by atoms with Crippen molar-refractivity contribution in [3.63, 3.8) is 0 Å². The monoisotopic (exact) mass is 422 g/mol. The summed E-state index contributed by atoms with van der Waals surface area (Å²) >= 11 is 0. The SMILES string of the molecule is CCCCCCC(=O)NCC(=O)NC[C@@H]1[C@H](CC=CCCCC(=O)O)[C@@H]2CC[C@H]1O2. The van der Waals surface area contributed by atoms with Crippen molar-refractivity contribution < 1.29 is 24.2 Å². The zero-order chi connectivity index (χ0) is 21.8.